The zero-order valence-electron chi connectivity index (χ0n) is 9.89. The Morgan fingerprint density at radius 1 is 1.42 bits per heavy atom. The molecule has 1 heterocycles. The van der Waals surface area contributed by atoms with E-state index in [1.165, 1.54) is 6.92 Å². The van der Waals surface area contributed by atoms with Gasteiger partial charge in [0.05, 0.1) is 17.4 Å². The number of carbonyl (C=O) groups excluding carboxylic acids is 1. The average molecular weight is 295 g/mol. The monoisotopic (exact) mass is 295 g/mol. The molecule has 0 aliphatic rings. The van der Waals surface area contributed by atoms with Crippen molar-refractivity contribution in [3.63, 3.8) is 0 Å². The van der Waals surface area contributed by atoms with Crippen LogP contribution in [-0.2, 0) is 11.0 Å². The van der Waals surface area contributed by atoms with Crippen LogP contribution >= 0.6 is 11.8 Å². The lowest BCUT2D eigenvalue weighted by atomic mass is 10.1. The fraction of sp³-hybridized carbons (Fsp3) is 0.455. The topological polar surface area (TPSA) is 70.4 Å². The number of alkyl halides is 3. The van der Waals surface area contributed by atoms with Gasteiger partial charge >= 0.3 is 6.18 Å². The van der Waals surface area contributed by atoms with Crippen LogP contribution in [0.2, 0.25) is 0 Å². The van der Waals surface area contributed by atoms with Gasteiger partial charge in [-0.1, -0.05) is 11.8 Å². The first-order valence-corrected chi connectivity index (χ1v) is 6.23. The molecule has 0 fully saturated rings. The number of nitrogens with zero attached hydrogens (tertiary/aromatic N) is 1. The number of rotatable bonds is 4. The molecule has 0 amide bonds. The molecule has 0 aliphatic heterocycles. The van der Waals surface area contributed by atoms with Gasteiger partial charge in [0.2, 0.25) is 0 Å². The second kappa shape index (κ2) is 6.36. The van der Waals surface area contributed by atoms with E-state index in [1.54, 1.807) is 0 Å². The molecule has 0 spiro atoms. The zero-order chi connectivity index (χ0) is 14.6. The molecule has 19 heavy (non-hydrogen) atoms. The first-order valence-electron chi connectivity index (χ1n) is 5.24. The van der Waals surface area contributed by atoms with E-state index in [1.807, 2.05) is 0 Å². The van der Waals surface area contributed by atoms with Gasteiger partial charge in [0.15, 0.2) is 5.12 Å². The maximum absolute atomic E-state index is 12.3. The van der Waals surface area contributed by atoms with Gasteiger partial charge in [-0.3, -0.25) is 9.78 Å². The summed E-state index contributed by atoms with van der Waals surface area (Å²) in [5, 5.41) is 19.0. The Balaban J connectivity index is 2.72. The third kappa shape index (κ3) is 4.81. The summed E-state index contributed by atoms with van der Waals surface area (Å²) in [4.78, 5) is 14.2. The van der Waals surface area contributed by atoms with Crippen LogP contribution < -0.4 is 0 Å². The van der Waals surface area contributed by atoms with E-state index < -0.39 is 23.9 Å². The Hall–Kier alpha value is -1.12. The summed E-state index contributed by atoms with van der Waals surface area (Å²) in [7, 11) is 0. The lowest BCUT2D eigenvalue weighted by molar-refractivity contribution is -0.137. The quantitative estimate of drug-likeness (QED) is 0.886. The van der Waals surface area contributed by atoms with E-state index >= 15 is 0 Å². The lowest BCUT2D eigenvalue weighted by Crippen LogP contribution is -2.22. The highest BCUT2D eigenvalue weighted by molar-refractivity contribution is 8.13. The summed E-state index contributed by atoms with van der Waals surface area (Å²) in [6.45, 7) is 1.31. The van der Waals surface area contributed by atoms with Crippen LogP contribution in [0.1, 0.15) is 24.3 Å². The molecule has 0 bridgehead atoms. The van der Waals surface area contributed by atoms with Gasteiger partial charge in [0.1, 0.15) is 6.10 Å². The standard InChI is InChI=1S/C11H12F3NO3S/c1-6(16)19-5-9(17)10(18)8-3-2-7(4-15-8)11(12,13)14/h2-4,9-10,17-18H,5H2,1H3. The molecule has 1 rings (SSSR count). The number of aromatic nitrogens is 1. The second-order valence-corrected chi connectivity index (χ2v) is 4.98. The number of pyridine rings is 1. The molecule has 1 aromatic rings. The van der Waals surface area contributed by atoms with Gasteiger partial charge in [0.25, 0.3) is 0 Å². The number of aliphatic hydroxyl groups excluding tert-OH is 2. The van der Waals surface area contributed by atoms with E-state index in [9.17, 15) is 28.2 Å². The van der Waals surface area contributed by atoms with Gasteiger partial charge in [-0.2, -0.15) is 13.2 Å². The normalized spacial score (nSPS) is 15.1. The van der Waals surface area contributed by atoms with E-state index in [4.69, 9.17) is 0 Å². The SMILES string of the molecule is CC(=O)SCC(O)C(O)c1ccc(C(F)(F)F)cn1. The summed E-state index contributed by atoms with van der Waals surface area (Å²) in [6.07, 6.45) is -6.63. The smallest absolute Gasteiger partial charge is 0.389 e. The van der Waals surface area contributed by atoms with Crippen molar-refractivity contribution in [1.82, 2.24) is 4.98 Å². The molecule has 0 saturated heterocycles. The fourth-order valence-electron chi connectivity index (χ4n) is 1.24. The van der Waals surface area contributed by atoms with E-state index in [0.717, 1.165) is 23.9 Å². The summed E-state index contributed by atoms with van der Waals surface area (Å²) >= 11 is 0.813. The summed E-state index contributed by atoms with van der Waals surface area (Å²) in [5.74, 6) is -0.0563. The van der Waals surface area contributed by atoms with Crippen molar-refractivity contribution in [1.29, 1.82) is 0 Å². The van der Waals surface area contributed by atoms with Crippen LogP contribution in [-0.4, -0.2) is 32.2 Å². The Kier molecular flexibility index (Phi) is 5.33. The van der Waals surface area contributed by atoms with Crippen LogP contribution in [0.25, 0.3) is 0 Å². The number of carbonyl (C=O) groups is 1. The molecule has 0 saturated carbocycles. The Bertz CT molecular complexity index is 436. The highest BCUT2D eigenvalue weighted by Gasteiger charge is 2.31. The molecule has 2 atom stereocenters. The van der Waals surface area contributed by atoms with Gasteiger partial charge < -0.3 is 10.2 Å². The first-order chi connectivity index (χ1) is 8.71. The van der Waals surface area contributed by atoms with Crippen molar-refractivity contribution in [2.24, 2.45) is 0 Å². The van der Waals surface area contributed by atoms with Crippen molar-refractivity contribution >= 4 is 16.9 Å². The molecule has 0 aliphatic carbocycles. The van der Waals surface area contributed by atoms with Crippen LogP contribution in [0.5, 0.6) is 0 Å². The van der Waals surface area contributed by atoms with Gasteiger partial charge in [-0.25, -0.2) is 0 Å². The summed E-state index contributed by atoms with van der Waals surface area (Å²) in [6, 6.07) is 1.77. The minimum absolute atomic E-state index is 0.0563. The Morgan fingerprint density at radius 3 is 2.47 bits per heavy atom. The molecule has 0 radical (unpaired) electrons. The number of aliphatic hydroxyl groups is 2. The second-order valence-electron chi connectivity index (χ2n) is 3.78. The molecule has 0 aromatic carbocycles. The van der Waals surface area contributed by atoms with Crippen molar-refractivity contribution < 1.29 is 28.2 Å². The number of hydrogen-bond donors (Lipinski definition) is 2. The fourth-order valence-corrected chi connectivity index (χ4v) is 1.83. The average Bonchev–Trinajstić information content (AvgIpc) is 2.34. The van der Waals surface area contributed by atoms with Crippen molar-refractivity contribution in [3.8, 4) is 0 Å². The zero-order valence-corrected chi connectivity index (χ0v) is 10.7. The van der Waals surface area contributed by atoms with Gasteiger partial charge in [0, 0.05) is 18.9 Å². The lowest BCUT2D eigenvalue weighted by Gasteiger charge is -2.17. The van der Waals surface area contributed by atoms with E-state index in [-0.39, 0.29) is 16.6 Å². The van der Waals surface area contributed by atoms with Crippen LogP contribution in [0.4, 0.5) is 13.2 Å². The number of thioether (sulfide) groups is 1. The van der Waals surface area contributed by atoms with Crippen molar-refractivity contribution in [2.75, 3.05) is 5.75 Å². The maximum Gasteiger partial charge on any atom is 0.417 e. The maximum atomic E-state index is 12.3. The molecule has 1 aromatic heterocycles. The Labute approximate surface area is 111 Å². The van der Waals surface area contributed by atoms with Gasteiger partial charge in [-0.05, 0) is 12.1 Å². The van der Waals surface area contributed by atoms with Crippen molar-refractivity contribution in [2.45, 2.75) is 25.3 Å². The van der Waals surface area contributed by atoms with Gasteiger partial charge in [-0.15, -0.1) is 0 Å². The largest absolute Gasteiger partial charge is 0.417 e. The molecule has 2 unspecified atom stereocenters. The highest BCUT2D eigenvalue weighted by Crippen LogP contribution is 2.29. The predicted octanol–water partition coefficient (Wildman–Crippen LogP) is 1.77. The van der Waals surface area contributed by atoms with Crippen LogP contribution in [0.3, 0.4) is 0 Å². The highest BCUT2D eigenvalue weighted by atomic mass is 32.2. The predicted molar refractivity (Wildman–Crippen MR) is 63.3 cm³/mol. The van der Waals surface area contributed by atoms with Crippen LogP contribution in [0.15, 0.2) is 18.3 Å². The minimum atomic E-state index is -4.50. The minimum Gasteiger partial charge on any atom is -0.389 e. The molecular formula is C11H12F3NO3S. The number of halogens is 3. The summed E-state index contributed by atoms with van der Waals surface area (Å²) < 4.78 is 36.9. The molecule has 4 nitrogen and oxygen atoms in total. The molecule has 106 valence electrons. The molecule has 8 heteroatoms. The third-order valence-electron chi connectivity index (χ3n) is 2.24. The third-order valence-corrected chi connectivity index (χ3v) is 3.15. The van der Waals surface area contributed by atoms with E-state index in [0.29, 0.717) is 6.20 Å². The number of hydrogen-bond acceptors (Lipinski definition) is 5. The summed E-state index contributed by atoms with van der Waals surface area (Å²) in [5.41, 5.74) is -1.01. The molecule has 2 N–H and O–H groups in total. The van der Waals surface area contributed by atoms with E-state index in [2.05, 4.69) is 4.98 Å². The van der Waals surface area contributed by atoms with Crippen LogP contribution in [0, 0.1) is 0 Å². The molecular weight excluding hydrogens is 283 g/mol. The Morgan fingerprint density at radius 2 is 2.05 bits per heavy atom. The first kappa shape index (κ1) is 15.9. The van der Waals surface area contributed by atoms with Crippen molar-refractivity contribution in [3.05, 3.63) is 29.6 Å².